The van der Waals surface area contributed by atoms with Crippen molar-refractivity contribution in [1.29, 1.82) is 0 Å². The zero-order valence-electron chi connectivity index (χ0n) is 16.4. The predicted molar refractivity (Wildman–Crippen MR) is 110 cm³/mol. The summed E-state index contributed by atoms with van der Waals surface area (Å²) in [5.74, 6) is -0.522. The fraction of sp³-hybridized carbons (Fsp3) is 0.565. The maximum atomic E-state index is 10.8. The lowest BCUT2D eigenvalue weighted by molar-refractivity contribution is -0.234. The standard InChI is InChI=1S/C23H33NO3/c25-23(27-26)17-11-9-7-5-3-1-2-4-6-8-10-15-21-19-18-20-14-12-13-16-22(20)24-21/h12-14,16,18-19,26H,1-11,15,17H2. The number of para-hydroxylation sites is 1. The van der Waals surface area contributed by atoms with Crippen LogP contribution in [0.1, 0.15) is 82.7 Å². The molecule has 0 spiro atoms. The van der Waals surface area contributed by atoms with Gasteiger partial charge in [0.1, 0.15) is 0 Å². The number of carbonyl (C=O) groups excluding carboxylic acids is 1. The van der Waals surface area contributed by atoms with E-state index in [1.807, 2.05) is 6.07 Å². The number of hydrogen-bond acceptors (Lipinski definition) is 4. The van der Waals surface area contributed by atoms with Gasteiger partial charge < -0.3 is 4.89 Å². The van der Waals surface area contributed by atoms with E-state index in [1.165, 1.54) is 62.4 Å². The fourth-order valence-corrected chi connectivity index (χ4v) is 3.46. The number of aromatic nitrogens is 1. The molecule has 0 aliphatic rings. The molecule has 148 valence electrons. The van der Waals surface area contributed by atoms with E-state index in [1.54, 1.807) is 0 Å². The molecule has 4 nitrogen and oxygen atoms in total. The lowest BCUT2D eigenvalue weighted by atomic mass is 10.0. The van der Waals surface area contributed by atoms with Gasteiger partial charge in [-0.2, -0.15) is 5.26 Å². The highest BCUT2D eigenvalue weighted by molar-refractivity contribution is 5.78. The quantitative estimate of drug-likeness (QED) is 0.235. The summed E-state index contributed by atoms with van der Waals surface area (Å²) in [5, 5.41) is 9.37. The van der Waals surface area contributed by atoms with Crippen molar-refractivity contribution in [2.45, 2.75) is 83.5 Å². The van der Waals surface area contributed by atoms with Crippen LogP contribution < -0.4 is 0 Å². The first-order chi connectivity index (χ1) is 13.3. The molecule has 0 radical (unpaired) electrons. The predicted octanol–water partition coefficient (Wildman–Crippen LogP) is 6.47. The maximum absolute atomic E-state index is 10.8. The van der Waals surface area contributed by atoms with Crippen LogP contribution in [0.4, 0.5) is 0 Å². The number of rotatable bonds is 14. The minimum absolute atomic E-state index is 0.325. The van der Waals surface area contributed by atoms with E-state index in [4.69, 9.17) is 10.2 Å². The molecule has 0 saturated heterocycles. The number of nitrogens with zero attached hydrogens (tertiary/aromatic N) is 1. The molecule has 0 atom stereocenters. The number of benzene rings is 1. The zero-order valence-corrected chi connectivity index (χ0v) is 16.4. The molecule has 2 aromatic rings. The highest BCUT2D eigenvalue weighted by atomic mass is 17.1. The van der Waals surface area contributed by atoms with E-state index >= 15 is 0 Å². The molecular formula is C23H33NO3. The molecule has 4 heteroatoms. The van der Waals surface area contributed by atoms with Gasteiger partial charge in [0.25, 0.3) is 0 Å². The van der Waals surface area contributed by atoms with Crippen LogP contribution in [0.3, 0.4) is 0 Å². The van der Waals surface area contributed by atoms with E-state index in [9.17, 15) is 4.79 Å². The molecular weight excluding hydrogens is 338 g/mol. The van der Waals surface area contributed by atoms with Gasteiger partial charge in [-0.1, -0.05) is 82.1 Å². The molecule has 0 saturated carbocycles. The molecule has 0 unspecified atom stereocenters. The third-order valence-corrected chi connectivity index (χ3v) is 5.07. The monoisotopic (exact) mass is 371 g/mol. The first kappa shape index (κ1) is 21.4. The van der Waals surface area contributed by atoms with Crippen LogP contribution >= 0.6 is 0 Å². The molecule has 1 heterocycles. The van der Waals surface area contributed by atoms with Crippen LogP contribution in [-0.4, -0.2) is 16.2 Å². The van der Waals surface area contributed by atoms with Crippen molar-refractivity contribution in [2.75, 3.05) is 0 Å². The van der Waals surface area contributed by atoms with Crippen LogP contribution in [-0.2, 0) is 16.1 Å². The van der Waals surface area contributed by atoms with Gasteiger partial charge in [0.2, 0.25) is 0 Å². The minimum Gasteiger partial charge on any atom is -0.301 e. The Morgan fingerprint density at radius 1 is 0.778 bits per heavy atom. The van der Waals surface area contributed by atoms with E-state index in [0.717, 1.165) is 31.2 Å². The summed E-state index contributed by atoms with van der Waals surface area (Å²) < 4.78 is 0. The largest absolute Gasteiger partial charge is 0.342 e. The highest BCUT2D eigenvalue weighted by Crippen LogP contribution is 2.15. The molecule has 1 aromatic carbocycles. The Morgan fingerprint density at radius 2 is 1.37 bits per heavy atom. The molecule has 0 fully saturated rings. The Kier molecular flexibility index (Phi) is 10.5. The van der Waals surface area contributed by atoms with Gasteiger partial charge in [-0.05, 0) is 31.4 Å². The summed E-state index contributed by atoms with van der Waals surface area (Å²) >= 11 is 0. The van der Waals surface area contributed by atoms with E-state index < -0.39 is 5.97 Å². The van der Waals surface area contributed by atoms with Crippen molar-refractivity contribution in [3.63, 3.8) is 0 Å². The van der Waals surface area contributed by atoms with Crippen molar-refractivity contribution >= 4 is 16.9 Å². The van der Waals surface area contributed by atoms with Crippen molar-refractivity contribution in [3.05, 3.63) is 42.1 Å². The Morgan fingerprint density at radius 3 is 2.04 bits per heavy atom. The van der Waals surface area contributed by atoms with E-state index in [2.05, 4.69) is 35.2 Å². The SMILES string of the molecule is O=C(CCCCCCCCCCCCCc1ccc2ccccc2n1)OO. The van der Waals surface area contributed by atoms with Crippen LogP contribution in [0.5, 0.6) is 0 Å². The van der Waals surface area contributed by atoms with Crippen molar-refractivity contribution < 1.29 is 14.9 Å². The van der Waals surface area contributed by atoms with E-state index in [0.29, 0.717) is 6.42 Å². The van der Waals surface area contributed by atoms with Crippen LogP contribution in [0.2, 0.25) is 0 Å². The lowest BCUT2D eigenvalue weighted by Crippen LogP contribution is -1.99. The molecule has 1 aromatic heterocycles. The Bertz CT molecular complexity index is 671. The second-order valence-corrected chi connectivity index (χ2v) is 7.35. The molecule has 2 rings (SSSR count). The van der Waals surface area contributed by atoms with Crippen LogP contribution in [0.15, 0.2) is 36.4 Å². The average molecular weight is 372 g/mol. The Labute approximate surface area is 162 Å². The topological polar surface area (TPSA) is 59.4 Å². The average Bonchev–Trinajstić information content (AvgIpc) is 2.71. The van der Waals surface area contributed by atoms with Crippen molar-refractivity contribution in [1.82, 2.24) is 4.98 Å². The number of aryl methyl sites for hydroxylation is 1. The van der Waals surface area contributed by atoms with Gasteiger partial charge in [0.05, 0.1) is 5.52 Å². The molecule has 27 heavy (non-hydrogen) atoms. The highest BCUT2D eigenvalue weighted by Gasteiger charge is 2.01. The van der Waals surface area contributed by atoms with Gasteiger partial charge >= 0.3 is 5.97 Å². The van der Waals surface area contributed by atoms with Crippen LogP contribution in [0.25, 0.3) is 10.9 Å². The van der Waals surface area contributed by atoms with Gasteiger partial charge in [-0.15, -0.1) is 0 Å². The maximum Gasteiger partial charge on any atom is 0.342 e. The molecule has 0 amide bonds. The van der Waals surface area contributed by atoms with Crippen LogP contribution in [0, 0.1) is 0 Å². The normalized spacial score (nSPS) is 11.0. The summed E-state index contributed by atoms with van der Waals surface area (Å²) in [4.78, 5) is 19.1. The third-order valence-electron chi connectivity index (χ3n) is 5.07. The van der Waals surface area contributed by atoms with Gasteiger partial charge in [0.15, 0.2) is 0 Å². The number of fused-ring (bicyclic) bond motifs is 1. The molecule has 0 aliphatic heterocycles. The molecule has 0 aliphatic carbocycles. The zero-order chi connectivity index (χ0) is 19.2. The minimum atomic E-state index is -0.522. The van der Waals surface area contributed by atoms with Gasteiger partial charge in [-0.3, -0.25) is 4.98 Å². The summed E-state index contributed by atoms with van der Waals surface area (Å²) in [6.45, 7) is 0. The fourth-order valence-electron chi connectivity index (χ4n) is 3.46. The first-order valence-corrected chi connectivity index (χ1v) is 10.5. The summed E-state index contributed by atoms with van der Waals surface area (Å²) in [6.07, 6.45) is 14.7. The summed E-state index contributed by atoms with van der Waals surface area (Å²) in [6, 6.07) is 12.6. The lowest BCUT2D eigenvalue weighted by Gasteiger charge is -2.04. The summed E-state index contributed by atoms with van der Waals surface area (Å²) in [5.41, 5.74) is 2.31. The van der Waals surface area contributed by atoms with Gasteiger partial charge in [0, 0.05) is 17.5 Å². The van der Waals surface area contributed by atoms with E-state index in [-0.39, 0.29) is 0 Å². The smallest absolute Gasteiger partial charge is 0.301 e. The second-order valence-electron chi connectivity index (χ2n) is 7.35. The third kappa shape index (κ3) is 9.00. The molecule has 0 bridgehead atoms. The number of unbranched alkanes of at least 4 members (excludes halogenated alkanes) is 10. The van der Waals surface area contributed by atoms with Crippen molar-refractivity contribution in [2.24, 2.45) is 0 Å². The van der Waals surface area contributed by atoms with Crippen molar-refractivity contribution in [3.8, 4) is 0 Å². The summed E-state index contributed by atoms with van der Waals surface area (Å²) in [7, 11) is 0. The second kappa shape index (κ2) is 13.3. The Hall–Kier alpha value is -1.94. The van der Waals surface area contributed by atoms with Gasteiger partial charge in [-0.25, -0.2) is 4.79 Å². The number of carbonyl (C=O) groups is 1. The number of pyridine rings is 1. The Balaban J connectivity index is 1.40. The first-order valence-electron chi connectivity index (χ1n) is 10.5. The number of hydrogen-bond donors (Lipinski definition) is 1. The molecule has 1 N–H and O–H groups in total.